The third kappa shape index (κ3) is 2.22. The second kappa shape index (κ2) is 4.56. The predicted molar refractivity (Wildman–Crippen MR) is 66.1 cm³/mol. The summed E-state index contributed by atoms with van der Waals surface area (Å²) in [6, 6.07) is 12.0. The number of hydrogen-bond donors (Lipinski definition) is 1. The van der Waals surface area contributed by atoms with E-state index in [4.69, 9.17) is 9.15 Å². The van der Waals surface area contributed by atoms with Gasteiger partial charge in [-0.2, -0.15) is 0 Å². The number of benzene rings is 1. The van der Waals surface area contributed by atoms with Crippen LogP contribution >= 0.6 is 0 Å². The summed E-state index contributed by atoms with van der Waals surface area (Å²) in [6.45, 7) is 0.443. The first-order valence-corrected chi connectivity index (χ1v) is 5.87. The van der Waals surface area contributed by atoms with E-state index in [0.717, 1.165) is 17.7 Å². The Labute approximate surface area is 105 Å². The van der Waals surface area contributed by atoms with Crippen LogP contribution in [-0.4, -0.2) is 18.7 Å². The molecule has 1 aliphatic heterocycles. The fraction of sp³-hybridized carbons (Fsp3) is 0.214. The van der Waals surface area contributed by atoms with Crippen molar-refractivity contribution in [1.29, 1.82) is 0 Å². The molecule has 0 radical (unpaired) electrons. The van der Waals surface area contributed by atoms with Gasteiger partial charge in [-0.25, -0.2) is 4.79 Å². The molecular weight excluding hydrogens is 230 g/mol. The Hall–Kier alpha value is -2.23. The van der Waals surface area contributed by atoms with Gasteiger partial charge >= 0.3 is 6.09 Å². The first-order chi connectivity index (χ1) is 8.81. The van der Waals surface area contributed by atoms with Gasteiger partial charge in [0.05, 0.1) is 12.3 Å². The highest BCUT2D eigenvalue weighted by Crippen LogP contribution is 2.20. The second-order valence-electron chi connectivity index (χ2n) is 4.32. The van der Waals surface area contributed by atoms with Crippen molar-refractivity contribution in [3.8, 4) is 11.3 Å². The number of alkyl carbamates (subject to hydrolysis) is 1. The Morgan fingerprint density at radius 3 is 2.67 bits per heavy atom. The Balaban J connectivity index is 1.70. The Morgan fingerprint density at radius 2 is 2.06 bits per heavy atom. The molecule has 1 unspecified atom stereocenters. The largest absolute Gasteiger partial charge is 0.464 e. The molecule has 2 aromatic rings. The van der Waals surface area contributed by atoms with Crippen molar-refractivity contribution >= 4 is 6.09 Å². The molecule has 1 amide bonds. The number of furan rings is 1. The number of carbonyl (C=O) groups is 1. The summed E-state index contributed by atoms with van der Waals surface area (Å²) in [5, 5.41) is 2.76. The number of rotatable bonds is 3. The lowest BCUT2D eigenvalue weighted by Crippen LogP contribution is -2.28. The van der Waals surface area contributed by atoms with E-state index >= 15 is 0 Å². The Bertz CT molecular complexity index is 531. The lowest BCUT2D eigenvalue weighted by Gasteiger charge is -2.07. The van der Waals surface area contributed by atoms with E-state index in [1.54, 1.807) is 6.26 Å². The first kappa shape index (κ1) is 10.9. The summed E-state index contributed by atoms with van der Waals surface area (Å²) >= 11 is 0. The quantitative estimate of drug-likeness (QED) is 0.901. The van der Waals surface area contributed by atoms with Gasteiger partial charge in [-0.15, -0.1) is 0 Å². The maximum absolute atomic E-state index is 10.9. The molecule has 4 heteroatoms. The Kier molecular flexibility index (Phi) is 2.76. The third-order valence-electron chi connectivity index (χ3n) is 2.98. The smallest absolute Gasteiger partial charge is 0.407 e. The molecule has 0 spiro atoms. The van der Waals surface area contributed by atoms with Crippen LogP contribution < -0.4 is 5.32 Å². The summed E-state index contributed by atoms with van der Waals surface area (Å²) in [7, 11) is 0. The van der Waals surface area contributed by atoms with Gasteiger partial charge in [-0.3, -0.25) is 0 Å². The average Bonchev–Trinajstić information content (AvgIpc) is 3.02. The zero-order valence-corrected chi connectivity index (χ0v) is 9.76. The van der Waals surface area contributed by atoms with Crippen molar-refractivity contribution in [2.24, 2.45) is 0 Å². The lowest BCUT2D eigenvalue weighted by molar-refractivity contribution is 0.177. The fourth-order valence-corrected chi connectivity index (χ4v) is 2.07. The van der Waals surface area contributed by atoms with E-state index in [9.17, 15) is 4.79 Å². The molecule has 0 saturated carbocycles. The van der Waals surface area contributed by atoms with Gasteiger partial charge < -0.3 is 14.5 Å². The highest BCUT2D eigenvalue weighted by Gasteiger charge is 2.21. The minimum atomic E-state index is -0.327. The van der Waals surface area contributed by atoms with Crippen molar-refractivity contribution in [2.75, 3.05) is 6.61 Å². The highest BCUT2D eigenvalue weighted by molar-refractivity contribution is 5.69. The normalized spacial score (nSPS) is 18.4. The van der Waals surface area contributed by atoms with Crippen molar-refractivity contribution in [3.63, 3.8) is 0 Å². The van der Waals surface area contributed by atoms with Crippen molar-refractivity contribution in [2.45, 2.75) is 12.5 Å². The molecule has 2 heterocycles. The van der Waals surface area contributed by atoms with Crippen LogP contribution in [0.2, 0.25) is 0 Å². The summed E-state index contributed by atoms with van der Waals surface area (Å²) in [4.78, 5) is 10.9. The average molecular weight is 243 g/mol. The Morgan fingerprint density at radius 1 is 1.22 bits per heavy atom. The van der Waals surface area contributed by atoms with E-state index in [-0.39, 0.29) is 12.1 Å². The zero-order valence-electron chi connectivity index (χ0n) is 9.76. The van der Waals surface area contributed by atoms with Crippen molar-refractivity contribution in [1.82, 2.24) is 5.32 Å². The van der Waals surface area contributed by atoms with Crippen LogP contribution in [0.25, 0.3) is 11.3 Å². The number of hydrogen-bond acceptors (Lipinski definition) is 3. The summed E-state index contributed by atoms with van der Waals surface area (Å²) in [5.41, 5.74) is 2.22. The monoisotopic (exact) mass is 243 g/mol. The van der Waals surface area contributed by atoms with Crippen LogP contribution in [0.5, 0.6) is 0 Å². The maximum atomic E-state index is 10.9. The summed E-state index contributed by atoms with van der Waals surface area (Å²) in [5.74, 6) is 0.860. The molecule has 1 saturated heterocycles. The van der Waals surface area contributed by atoms with Crippen LogP contribution in [0.4, 0.5) is 4.79 Å². The summed E-state index contributed by atoms with van der Waals surface area (Å²) < 4.78 is 10.2. The van der Waals surface area contributed by atoms with E-state index in [0.29, 0.717) is 6.61 Å². The minimum Gasteiger partial charge on any atom is -0.464 e. The number of ether oxygens (including phenoxy) is 1. The molecule has 92 valence electrons. The molecule has 1 N–H and O–H groups in total. The fourth-order valence-electron chi connectivity index (χ4n) is 2.07. The molecule has 0 aliphatic carbocycles. The topological polar surface area (TPSA) is 51.5 Å². The van der Waals surface area contributed by atoms with Crippen molar-refractivity contribution < 1.29 is 13.9 Å². The molecule has 18 heavy (non-hydrogen) atoms. The van der Waals surface area contributed by atoms with Gasteiger partial charge in [0.25, 0.3) is 0 Å². The molecule has 1 aliphatic rings. The van der Waals surface area contributed by atoms with Crippen LogP contribution in [0.15, 0.2) is 47.1 Å². The molecule has 0 bridgehead atoms. The third-order valence-corrected chi connectivity index (χ3v) is 2.98. The second-order valence-corrected chi connectivity index (χ2v) is 4.32. The van der Waals surface area contributed by atoms with E-state index in [2.05, 4.69) is 5.32 Å². The van der Waals surface area contributed by atoms with Gasteiger partial charge in [0, 0.05) is 5.56 Å². The van der Waals surface area contributed by atoms with Gasteiger partial charge in [0.2, 0.25) is 0 Å². The van der Waals surface area contributed by atoms with E-state index < -0.39 is 0 Å². The molecule has 4 nitrogen and oxygen atoms in total. The molecule has 1 aromatic heterocycles. The van der Waals surface area contributed by atoms with Gasteiger partial charge in [0.15, 0.2) is 0 Å². The van der Waals surface area contributed by atoms with Crippen LogP contribution in [0.1, 0.15) is 5.56 Å². The lowest BCUT2D eigenvalue weighted by atomic mass is 10.0. The van der Waals surface area contributed by atoms with Gasteiger partial charge in [-0.05, 0) is 24.1 Å². The zero-order chi connectivity index (χ0) is 12.4. The van der Waals surface area contributed by atoms with Gasteiger partial charge in [-0.1, -0.05) is 24.3 Å². The molecule has 3 rings (SSSR count). The minimum absolute atomic E-state index is 0.0759. The predicted octanol–water partition coefficient (Wildman–Crippen LogP) is 2.60. The molecule has 1 aromatic carbocycles. The van der Waals surface area contributed by atoms with E-state index in [1.165, 1.54) is 5.56 Å². The molecule has 1 atom stereocenters. The number of carbonyl (C=O) groups excluding carboxylic acids is 1. The molecular formula is C14H13NO3. The van der Waals surface area contributed by atoms with Gasteiger partial charge in [0.1, 0.15) is 12.4 Å². The summed E-state index contributed by atoms with van der Waals surface area (Å²) in [6.07, 6.45) is 2.12. The van der Waals surface area contributed by atoms with Crippen LogP contribution in [-0.2, 0) is 11.2 Å². The SMILES string of the molecule is O=C1NC(Cc2ccc(-c3ccco3)cc2)CO1. The maximum Gasteiger partial charge on any atom is 0.407 e. The number of amides is 1. The van der Waals surface area contributed by atoms with Crippen LogP contribution in [0.3, 0.4) is 0 Å². The number of cyclic esters (lactones) is 1. The standard InChI is InChI=1S/C14H13NO3/c16-14-15-12(9-18-14)8-10-3-5-11(6-4-10)13-2-1-7-17-13/h1-7,12H,8-9H2,(H,15,16). The number of nitrogens with one attached hydrogen (secondary N) is 1. The highest BCUT2D eigenvalue weighted by atomic mass is 16.6. The van der Waals surface area contributed by atoms with Crippen LogP contribution in [0, 0.1) is 0 Å². The van der Waals surface area contributed by atoms with Crippen molar-refractivity contribution in [3.05, 3.63) is 48.2 Å². The first-order valence-electron chi connectivity index (χ1n) is 5.87. The van der Waals surface area contributed by atoms with E-state index in [1.807, 2.05) is 36.4 Å². The molecule has 1 fully saturated rings.